The molecule has 1 aromatic rings. The van der Waals surface area contributed by atoms with Gasteiger partial charge in [0.15, 0.2) is 0 Å². The minimum absolute atomic E-state index is 0.0766. The van der Waals surface area contributed by atoms with E-state index in [1.807, 2.05) is 0 Å². The zero-order valence-electron chi connectivity index (χ0n) is 9.76. The molecule has 2 rings (SSSR count). The van der Waals surface area contributed by atoms with Crippen molar-refractivity contribution in [3.63, 3.8) is 0 Å². The maximum Gasteiger partial charge on any atom is 0.297 e. The molecule has 0 saturated heterocycles. The van der Waals surface area contributed by atoms with Gasteiger partial charge in [-0.2, -0.15) is 8.42 Å². The monoisotopic (exact) mass is 256 g/mol. The molecule has 1 aliphatic carbocycles. The van der Waals surface area contributed by atoms with Crippen molar-refractivity contribution in [3.05, 3.63) is 29.8 Å². The fraction of sp³-hybridized carbons (Fsp3) is 0.500. The fourth-order valence-electron chi connectivity index (χ4n) is 1.49. The largest absolute Gasteiger partial charge is 0.376 e. The van der Waals surface area contributed by atoms with Gasteiger partial charge in [-0.05, 0) is 31.4 Å². The van der Waals surface area contributed by atoms with Gasteiger partial charge in [-0.25, -0.2) is 0 Å². The lowest BCUT2D eigenvalue weighted by atomic mass is 10.2. The summed E-state index contributed by atoms with van der Waals surface area (Å²) in [5.74, 6) is 0. The number of hydrogen-bond acceptors (Lipinski definition) is 4. The first kappa shape index (κ1) is 12.5. The molecule has 1 aromatic carbocycles. The summed E-state index contributed by atoms with van der Waals surface area (Å²) in [6, 6.07) is 6.78. The second-order valence-corrected chi connectivity index (χ2v) is 5.70. The lowest BCUT2D eigenvalue weighted by molar-refractivity contribution is 0.0898. The van der Waals surface area contributed by atoms with E-state index in [0.717, 1.165) is 12.8 Å². The Morgan fingerprint density at radius 1 is 1.24 bits per heavy atom. The highest BCUT2D eigenvalue weighted by Crippen LogP contribution is 2.23. The lowest BCUT2D eigenvalue weighted by Crippen LogP contribution is -2.13. The summed E-state index contributed by atoms with van der Waals surface area (Å²) in [5, 5.41) is 0. The first-order valence-corrected chi connectivity index (χ1v) is 7.07. The predicted octanol–water partition coefficient (Wildman–Crippen LogP) is 1.88. The fourth-order valence-corrected chi connectivity index (χ4v) is 2.62. The van der Waals surface area contributed by atoms with Crippen LogP contribution >= 0.6 is 0 Å². The number of aryl methyl sites for hydroxylation is 1. The molecule has 94 valence electrons. The third-order valence-corrected chi connectivity index (χ3v) is 4.04. The van der Waals surface area contributed by atoms with Crippen molar-refractivity contribution in [2.24, 2.45) is 0 Å². The van der Waals surface area contributed by atoms with Crippen LogP contribution < -0.4 is 0 Å². The average molecular weight is 256 g/mol. The molecule has 0 unspecified atom stereocenters. The Bertz CT molecular complexity index is 477. The van der Waals surface area contributed by atoms with Crippen LogP contribution in [0, 0.1) is 6.92 Å². The summed E-state index contributed by atoms with van der Waals surface area (Å²) in [5.41, 5.74) is 0.690. The summed E-state index contributed by atoms with van der Waals surface area (Å²) in [6.45, 7) is 2.15. The van der Waals surface area contributed by atoms with Crippen LogP contribution in [0.5, 0.6) is 0 Å². The van der Waals surface area contributed by atoms with Crippen LogP contribution in [0.2, 0.25) is 0 Å². The van der Waals surface area contributed by atoms with Crippen molar-refractivity contribution < 1.29 is 17.3 Å². The molecule has 0 aliphatic heterocycles. The molecule has 1 aliphatic rings. The van der Waals surface area contributed by atoms with E-state index < -0.39 is 10.1 Å². The van der Waals surface area contributed by atoms with E-state index in [1.54, 1.807) is 31.2 Å². The van der Waals surface area contributed by atoms with E-state index in [-0.39, 0.29) is 11.5 Å². The van der Waals surface area contributed by atoms with Gasteiger partial charge in [-0.3, -0.25) is 4.18 Å². The van der Waals surface area contributed by atoms with Gasteiger partial charge in [0.1, 0.15) is 0 Å². The van der Waals surface area contributed by atoms with E-state index in [9.17, 15) is 8.42 Å². The van der Waals surface area contributed by atoms with Gasteiger partial charge in [-0.15, -0.1) is 0 Å². The SMILES string of the molecule is Cc1ccccc1S(=O)(=O)OCCOC1CC1. The molecule has 4 nitrogen and oxygen atoms in total. The Kier molecular flexibility index (Phi) is 3.81. The number of rotatable bonds is 6. The Morgan fingerprint density at radius 2 is 1.94 bits per heavy atom. The van der Waals surface area contributed by atoms with Crippen LogP contribution in [0.4, 0.5) is 0 Å². The van der Waals surface area contributed by atoms with Crippen LogP contribution in [0.3, 0.4) is 0 Å². The summed E-state index contributed by atoms with van der Waals surface area (Å²) in [4.78, 5) is 0.228. The molecular weight excluding hydrogens is 240 g/mol. The van der Waals surface area contributed by atoms with Gasteiger partial charge >= 0.3 is 0 Å². The Labute approximate surface area is 102 Å². The van der Waals surface area contributed by atoms with Gasteiger partial charge < -0.3 is 4.74 Å². The average Bonchev–Trinajstić information content (AvgIpc) is 3.09. The molecule has 1 fully saturated rings. The van der Waals surface area contributed by atoms with Crippen LogP contribution in [-0.4, -0.2) is 27.7 Å². The zero-order valence-corrected chi connectivity index (χ0v) is 10.6. The zero-order chi connectivity index (χ0) is 12.3. The maximum atomic E-state index is 11.8. The third-order valence-electron chi connectivity index (χ3n) is 2.56. The van der Waals surface area contributed by atoms with Gasteiger partial charge in [0, 0.05) is 0 Å². The molecule has 17 heavy (non-hydrogen) atoms. The second kappa shape index (κ2) is 5.16. The molecule has 5 heteroatoms. The molecule has 0 N–H and O–H groups in total. The van der Waals surface area contributed by atoms with Crippen molar-refractivity contribution >= 4 is 10.1 Å². The van der Waals surface area contributed by atoms with E-state index in [0.29, 0.717) is 18.3 Å². The van der Waals surface area contributed by atoms with Crippen LogP contribution in [0.1, 0.15) is 18.4 Å². The van der Waals surface area contributed by atoms with Gasteiger partial charge in [0.25, 0.3) is 10.1 Å². The first-order valence-electron chi connectivity index (χ1n) is 5.66. The van der Waals surface area contributed by atoms with Gasteiger partial charge in [0.2, 0.25) is 0 Å². The van der Waals surface area contributed by atoms with Crippen molar-refractivity contribution in [2.45, 2.75) is 30.8 Å². The Hall–Kier alpha value is -0.910. The molecule has 0 spiro atoms. The van der Waals surface area contributed by atoms with Crippen LogP contribution in [0.25, 0.3) is 0 Å². The highest BCUT2D eigenvalue weighted by Gasteiger charge is 2.22. The van der Waals surface area contributed by atoms with E-state index in [4.69, 9.17) is 8.92 Å². The second-order valence-electron chi connectivity index (χ2n) is 4.11. The summed E-state index contributed by atoms with van der Waals surface area (Å²) in [7, 11) is -3.65. The number of benzene rings is 1. The molecule has 1 saturated carbocycles. The quantitative estimate of drug-likeness (QED) is 0.576. The van der Waals surface area contributed by atoms with Crippen molar-refractivity contribution in [1.29, 1.82) is 0 Å². The molecule has 0 heterocycles. The van der Waals surface area contributed by atoms with Crippen molar-refractivity contribution in [3.8, 4) is 0 Å². The smallest absolute Gasteiger partial charge is 0.297 e. The third kappa shape index (κ3) is 3.52. The highest BCUT2D eigenvalue weighted by molar-refractivity contribution is 7.86. The van der Waals surface area contributed by atoms with Crippen molar-refractivity contribution in [1.82, 2.24) is 0 Å². The standard InChI is InChI=1S/C12H16O4S/c1-10-4-2-3-5-12(10)17(13,14)16-9-8-15-11-6-7-11/h2-5,11H,6-9H2,1H3. The van der Waals surface area contributed by atoms with E-state index in [2.05, 4.69) is 0 Å². The van der Waals surface area contributed by atoms with Crippen LogP contribution in [-0.2, 0) is 19.0 Å². The molecular formula is C12H16O4S. The summed E-state index contributed by atoms with van der Waals surface area (Å²) < 4.78 is 33.9. The van der Waals surface area contributed by atoms with Crippen molar-refractivity contribution in [2.75, 3.05) is 13.2 Å². The van der Waals surface area contributed by atoms with Crippen LogP contribution in [0.15, 0.2) is 29.2 Å². The van der Waals surface area contributed by atoms with Gasteiger partial charge in [0.05, 0.1) is 24.2 Å². The van der Waals surface area contributed by atoms with E-state index in [1.165, 1.54) is 0 Å². The van der Waals surface area contributed by atoms with Gasteiger partial charge in [-0.1, -0.05) is 18.2 Å². The summed E-state index contributed by atoms with van der Waals surface area (Å²) >= 11 is 0. The lowest BCUT2D eigenvalue weighted by Gasteiger charge is -2.08. The molecule has 0 bridgehead atoms. The predicted molar refractivity (Wildman–Crippen MR) is 63.3 cm³/mol. The van der Waals surface area contributed by atoms with E-state index >= 15 is 0 Å². The minimum Gasteiger partial charge on any atom is -0.376 e. The number of hydrogen-bond donors (Lipinski definition) is 0. The highest BCUT2D eigenvalue weighted by atomic mass is 32.2. The number of ether oxygens (including phenoxy) is 1. The first-order chi connectivity index (χ1) is 8.09. The maximum absolute atomic E-state index is 11.8. The Balaban J connectivity index is 1.91. The summed E-state index contributed by atoms with van der Waals surface area (Å²) in [6.07, 6.45) is 2.47. The molecule has 0 radical (unpaired) electrons. The normalized spacial score (nSPS) is 16.1. The minimum atomic E-state index is -3.65. The molecule has 0 amide bonds. The molecule has 0 atom stereocenters. The topological polar surface area (TPSA) is 52.6 Å². The Morgan fingerprint density at radius 3 is 2.59 bits per heavy atom. The molecule has 0 aromatic heterocycles.